The third kappa shape index (κ3) is 6.54. The zero-order valence-electron chi connectivity index (χ0n) is 22.2. The van der Waals surface area contributed by atoms with Crippen molar-refractivity contribution in [2.45, 2.75) is 36.8 Å². The first kappa shape index (κ1) is 30.5. The fraction of sp³-hybridized carbons (Fsp3) is 0.370. The monoisotopic (exact) mass is 670 g/mol. The summed E-state index contributed by atoms with van der Waals surface area (Å²) in [6.07, 6.45) is 2.15. The maximum atomic E-state index is 14.1. The Bertz CT molecular complexity index is 1510. The molecular formula is C27H29BrCl2N4O5S. The molecule has 2 aromatic carbocycles. The van der Waals surface area contributed by atoms with Gasteiger partial charge in [-0.2, -0.15) is 0 Å². The van der Waals surface area contributed by atoms with Crippen LogP contribution in [-0.2, 0) is 36.1 Å². The predicted molar refractivity (Wildman–Crippen MR) is 158 cm³/mol. The van der Waals surface area contributed by atoms with E-state index in [0.717, 1.165) is 10.0 Å². The normalized spacial score (nSPS) is 17.0. The molecule has 40 heavy (non-hydrogen) atoms. The van der Waals surface area contributed by atoms with E-state index in [1.165, 1.54) is 15.7 Å². The second-order valence-electron chi connectivity index (χ2n) is 10.1. The smallest absolute Gasteiger partial charge is 0.320 e. The summed E-state index contributed by atoms with van der Waals surface area (Å²) < 4.78 is 34.7. The Labute approximate surface area is 252 Å². The summed E-state index contributed by atoms with van der Waals surface area (Å²) in [6, 6.07) is 12.2. The number of amides is 1. The first-order valence-electron chi connectivity index (χ1n) is 12.5. The summed E-state index contributed by atoms with van der Waals surface area (Å²) in [5, 5.41) is 0.596. The molecule has 9 nitrogen and oxygen atoms in total. The molecule has 0 radical (unpaired) electrons. The highest BCUT2D eigenvalue weighted by molar-refractivity contribution is 9.10. The molecule has 1 aliphatic heterocycles. The SMILES string of the molecule is CN(C)CC(=O)OCCCCS(=O)(=O)c1cnc2n1C(C)(Cc1ccc(Br)cc1)C(=O)N2c1cc(Cl)cc(Cl)c1. The van der Waals surface area contributed by atoms with Gasteiger partial charge in [0.1, 0.15) is 5.54 Å². The van der Waals surface area contributed by atoms with E-state index in [0.29, 0.717) is 22.2 Å². The summed E-state index contributed by atoms with van der Waals surface area (Å²) in [6.45, 7) is 1.98. The number of sulfone groups is 1. The molecular weight excluding hydrogens is 643 g/mol. The number of unbranched alkanes of at least 4 members (excludes halogenated alkanes) is 1. The van der Waals surface area contributed by atoms with Gasteiger partial charge in [-0.05, 0) is 69.8 Å². The van der Waals surface area contributed by atoms with Crippen molar-refractivity contribution in [2.24, 2.45) is 0 Å². The summed E-state index contributed by atoms with van der Waals surface area (Å²) in [5.74, 6) is -0.764. The quantitative estimate of drug-likeness (QED) is 0.203. The predicted octanol–water partition coefficient (Wildman–Crippen LogP) is 5.25. The highest BCUT2D eigenvalue weighted by atomic mass is 79.9. The molecule has 0 N–H and O–H groups in total. The van der Waals surface area contributed by atoms with Crippen molar-refractivity contribution < 1.29 is 22.7 Å². The minimum Gasteiger partial charge on any atom is -0.465 e. The van der Waals surface area contributed by atoms with Gasteiger partial charge in [0, 0.05) is 20.9 Å². The summed E-state index contributed by atoms with van der Waals surface area (Å²) in [5.41, 5.74) is -0.0802. The largest absolute Gasteiger partial charge is 0.465 e. The lowest BCUT2D eigenvalue weighted by Gasteiger charge is -2.26. The van der Waals surface area contributed by atoms with E-state index in [-0.39, 0.29) is 54.6 Å². The molecule has 4 rings (SSSR count). The van der Waals surface area contributed by atoms with Crippen LogP contribution in [-0.4, -0.2) is 67.7 Å². The number of ether oxygens (including phenoxy) is 1. The summed E-state index contributed by atoms with van der Waals surface area (Å²) in [7, 11) is -0.346. The van der Waals surface area contributed by atoms with Crippen LogP contribution in [0.1, 0.15) is 25.3 Å². The number of carbonyl (C=O) groups is 2. The summed E-state index contributed by atoms with van der Waals surface area (Å²) in [4.78, 5) is 33.3. The molecule has 0 saturated heterocycles. The third-order valence-electron chi connectivity index (χ3n) is 6.47. The molecule has 0 bridgehead atoms. The minimum absolute atomic E-state index is 0.0595. The second kappa shape index (κ2) is 12.2. The van der Waals surface area contributed by atoms with Gasteiger partial charge in [0.05, 0.1) is 30.8 Å². The van der Waals surface area contributed by atoms with Crippen LogP contribution in [0.2, 0.25) is 10.0 Å². The van der Waals surface area contributed by atoms with Crippen LogP contribution >= 0.6 is 39.1 Å². The lowest BCUT2D eigenvalue weighted by atomic mass is 9.92. The van der Waals surface area contributed by atoms with Gasteiger partial charge in [-0.3, -0.25) is 19.1 Å². The van der Waals surface area contributed by atoms with E-state index >= 15 is 0 Å². The van der Waals surface area contributed by atoms with Crippen molar-refractivity contribution in [3.05, 3.63) is 68.7 Å². The van der Waals surface area contributed by atoms with Crippen molar-refractivity contribution >= 4 is 72.5 Å². The molecule has 1 unspecified atom stereocenters. The highest BCUT2D eigenvalue weighted by Gasteiger charge is 2.51. The molecule has 2 heterocycles. The molecule has 1 aliphatic rings. The number of hydrogen-bond donors (Lipinski definition) is 0. The van der Waals surface area contributed by atoms with E-state index in [1.54, 1.807) is 44.1 Å². The Morgan fingerprint density at radius 3 is 2.38 bits per heavy atom. The molecule has 0 aliphatic carbocycles. The van der Waals surface area contributed by atoms with E-state index in [9.17, 15) is 18.0 Å². The van der Waals surface area contributed by atoms with Crippen LogP contribution in [0, 0.1) is 0 Å². The number of fused-ring (bicyclic) bond motifs is 1. The van der Waals surface area contributed by atoms with E-state index < -0.39 is 15.4 Å². The number of carbonyl (C=O) groups excluding carboxylic acids is 2. The Kier molecular flexibility index (Phi) is 9.31. The standard InChI is InChI=1S/C27H29BrCl2N4O5S/c1-27(15-18-6-8-19(28)9-7-18)25(36)33(22-13-20(29)12-21(30)14-22)26-31-16-23(34(26)27)40(37,38)11-5-4-10-39-24(35)17-32(2)3/h6-9,12-14,16H,4-5,10-11,15,17H2,1-3H3. The average Bonchev–Trinajstić information content (AvgIpc) is 3.38. The Hall–Kier alpha value is -2.44. The van der Waals surface area contributed by atoms with E-state index in [1.807, 2.05) is 24.3 Å². The topological polar surface area (TPSA) is 102 Å². The number of esters is 1. The van der Waals surface area contributed by atoms with Crippen molar-refractivity contribution in [1.29, 1.82) is 0 Å². The van der Waals surface area contributed by atoms with Gasteiger partial charge in [-0.15, -0.1) is 0 Å². The molecule has 0 spiro atoms. The van der Waals surface area contributed by atoms with E-state index in [2.05, 4.69) is 20.9 Å². The fourth-order valence-corrected chi connectivity index (χ4v) is 6.99. The highest BCUT2D eigenvalue weighted by Crippen LogP contribution is 2.44. The zero-order valence-corrected chi connectivity index (χ0v) is 26.1. The van der Waals surface area contributed by atoms with Crippen molar-refractivity contribution in [1.82, 2.24) is 14.5 Å². The van der Waals surface area contributed by atoms with Crippen LogP contribution in [0.25, 0.3) is 0 Å². The number of rotatable bonds is 11. The van der Waals surface area contributed by atoms with Gasteiger partial charge >= 0.3 is 5.97 Å². The van der Waals surface area contributed by atoms with Gasteiger partial charge < -0.3 is 4.74 Å². The Morgan fingerprint density at radius 1 is 1.10 bits per heavy atom. The number of hydrogen-bond acceptors (Lipinski definition) is 7. The van der Waals surface area contributed by atoms with Gasteiger partial charge in [-0.25, -0.2) is 18.3 Å². The lowest BCUT2D eigenvalue weighted by molar-refractivity contribution is -0.144. The molecule has 3 aromatic rings. The van der Waals surface area contributed by atoms with Crippen molar-refractivity contribution in [3.63, 3.8) is 0 Å². The van der Waals surface area contributed by atoms with Crippen LogP contribution in [0.3, 0.4) is 0 Å². The summed E-state index contributed by atoms with van der Waals surface area (Å²) >= 11 is 15.9. The van der Waals surface area contributed by atoms with E-state index in [4.69, 9.17) is 27.9 Å². The van der Waals surface area contributed by atoms with Gasteiger partial charge in [0.2, 0.25) is 5.95 Å². The molecule has 1 amide bonds. The lowest BCUT2D eigenvalue weighted by Crippen LogP contribution is -2.42. The molecule has 0 fully saturated rings. The number of halogens is 3. The van der Waals surface area contributed by atoms with Crippen LogP contribution in [0.5, 0.6) is 0 Å². The first-order chi connectivity index (χ1) is 18.8. The Morgan fingerprint density at radius 2 is 1.75 bits per heavy atom. The van der Waals surface area contributed by atoms with Crippen molar-refractivity contribution in [3.8, 4) is 0 Å². The Balaban J connectivity index is 1.66. The zero-order chi connectivity index (χ0) is 29.2. The van der Waals surface area contributed by atoms with Crippen LogP contribution < -0.4 is 4.90 Å². The number of imidazole rings is 1. The van der Waals surface area contributed by atoms with Gasteiger partial charge in [0.25, 0.3) is 5.91 Å². The number of benzene rings is 2. The van der Waals surface area contributed by atoms with Gasteiger partial charge in [0.15, 0.2) is 14.9 Å². The fourth-order valence-electron chi connectivity index (χ4n) is 4.64. The number of anilines is 2. The molecule has 0 saturated carbocycles. The molecule has 1 aromatic heterocycles. The average molecular weight is 672 g/mol. The number of nitrogens with zero attached hydrogens (tertiary/aromatic N) is 4. The number of aromatic nitrogens is 2. The molecule has 1 atom stereocenters. The molecule has 13 heteroatoms. The van der Waals surface area contributed by atoms with Crippen LogP contribution in [0.15, 0.2) is 58.2 Å². The third-order valence-corrected chi connectivity index (χ3v) is 9.19. The van der Waals surface area contributed by atoms with Crippen molar-refractivity contribution in [2.75, 3.05) is 37.9 Å². The first-order valence-corrected chi connectivity index (χ1v) is 15.7. The maximum absolute atomic E-state index is 14.1. The van der Waals surface area contributed by atoms with Gasteiger partial charge in [-0.1, -0.05) is 51.3 Å². The second-order valence-corrected chi connectivity index (χ2v) is 13.9. The minimum atomic E-state index is -3.86. The number of likely N-dealkylation sites (N-methyl/N-ethyl adjacent to an activating group) is 1. The maximum Gasteiger partial charge on any atom is 0.320 e. The molecule has 214 valence electrons. The van der Waals surface area contributed by atoms with Crippen LogP contribution in [0.4, 0.5) is 11.6 Å².